The number of H-pyrrole nitrogens is 1. The van der Waals surface area contributed by atoms with Gasteiger partial charge in [0, 0.05) is 24.3 Å². The molecule has 0 aliphatic rings. The fraction of sp³-hybridized carbons (Fsp3) is 0.636. The molecule has 0 saturated carbocycles. The van der Waals surface area contributed by atoms with Gasteiger partial charge in [0.2, 0.25) is 0 Å². The van der Waals surface area contributed by atoms with Crippen LogP contribution in [0.2, 0.25) is 0 Å². The van der Waals surface area contributed by atoms with E-state index in [-0.39, 0.29) is 5.56 Å². The second-order valence-electron chi connectivity index (χ2n) is 3.64. The lowest BCUT2D eigenvalue weighted by Gasteiger charge is -2.13. The molecule has 1 atom stereocenters. The summed E-state index contributed by atoms with van der Waals surface area (Å²) in [5.74, 6) is 3.52. The Labute approximate surface area is 100 Å². The molecule has 1 rings (SSSR count). The number of hydrogen-bond acceptors (Lipinski definition) is 4. The average Bonchev–Trinajstić information content (AvgIpc) is 2.25. The second-order valence-corrected chi connectivity index (χ2v) is 4.95. The van der Waals surface area contributed by atoms with Crippen LogP contribution < -0.4 is 10.9 Å². The van der Waals surface area contributed by atoms with Crippen LogP contribution in [0.15, 0.2) is 10.9 Å². The van der Waals surface area contributed by atoms with Crippen LogP contribution in [0.3, 0.4) is 0 Å². The van der Waals surface area contributed by atoms with Crippen LogP contribution in [-0.4, -0.2) is 27.5 Å². The highest BCUT2D eigenvalue weighted by molar-refractivity contribution is 7.99. The first kappa shape index (κ1) is 13.1. The molecule has 0 aliphatic heterocycles. The number of aryl methyl sites for hydroxylation is 1. The van der Waals surface area contributed by atoms with Gasteiger partial charge >= 0.3 is 0 Å². The Hall–Kier alpha value is -0.970. The molecule has 0 radical (unpaired) electrons. The Balaban J connectivity index is 2.65. The molecular weight excluding hydrogens is 222 g/mol. The number of hydrogen-bond donors (Lipinski definition) is 2. The quantitative estimate of drug-likeness (QED) is 0.798. The minimum atomic E-state index is -0.0929. The molecule has 1 aromatic rings. The number of aromatic amines is 1. The highest BCUT2D eigenvalue weighted by Crippen LogP contribution is 2.07. The van der Waals surface area contributed by atoms with Crippen molar-refractivity contribution in [1.82, 2.24) is 9.97 Å². The second kappa shape index (κ2) is 6.58. The van der Waals surface area contributed by atoms with Crippen LogP contribution in [0, 0.1) is 0 Å². The van der Waals surface area contributed by atoms with Crippen LogP contribution in [-0.2, 0) is 6.42 Å². The largest absolute Gasteiger partial charge is 0.367 e. The molecule has 0 aromatic carbocycles. The zero-order chi connectivity index (χ0) is 12.0. The van der Waals surface area contributed by atoms with E-state index in [1.165, 1.54) is 6.07 Å². The van der Waals surface area contributed by atoms with Crippen molar-refractivity contribution in [3.05, 3.63) is 22.2 Å². The SMILES string of the molecule is CCSCC(C)Nc1cc(=O)[nH]c(CC)n1. The molecule has 2 N–H and O–H groups in total. The monoisotopic (exact) mass is 241 g/mol. The van der Waals surface area contributed by atoms with Crippen LogP contribution in [0.4, 0.5) is 5.82 Å². The van der Waals surface area contributed by atoms with Gasteiger partial charge in [0.25, 0.3) is 5.56 Å². The van der Waals surface area contributed by atoms with Crippen LogP contribution in [0.1, 0.15) is 26.6 Å². The van der Waals surface area contributed by atoms with Gasteiger partial charge in [0.1, 0.15) is 11.6 Å². The fourth-order valence-corrected chi connectivity index (χ4v) is 2.01. The average molecular weight is 241 g/mol. The van der Waals surface area contributed by atoms with E-state index < -0.39 is 0 Å². The molecule has 90 valence electrons. The lowest BCUT2D eigenvalue weighted by Crippen LogP contribution is -2.21. The van der Waals surface area contributed by atoms with E-state index in [1.54, 1.807) is 0 Å². The molecule has 4 nitrogen and oxygen atoms in total. The topological polar surface area (TPSA) is 57.8 Å². The molecule has 0 spiro atoms. The zero-order valence-electron chi connectivity index (χ0n) is 10.0. The van der Waals surface area contributed by atoms with Crippen molar-refractivity contribution in [2.24, 2.45) is 0 Å². The van der Waals surface area contributed by atoms with Crippen molar-refractivity contribution in [3.8, 4) is 0 Å². The number of nitrogens with zero attached hydrogens (tertiary/aromatic N) is 1. The third-order valence-corrected chi connectivity index (χ3v) is 3.24. The minimum absolute atomic E-state index is 0.0929. The molecule has 1 aromatic heterocycles. The van der Waals surface area contributed by atoms with Gasteiger partial charge in [-0.25, -0.2) is 4.98 Å². The molecule has 16 heavy (non-hydrogen) atoms. The van der Waals surface area contributed by atoms with E-state index in [0.29, 0.717) is 11.9 Å². The predicted octanol–water partition coefficient (Wildman–Crippen LogP) is 1.89. The number of anilines is 1. The van der Waals surface area contributed by atoms with Crippen molar-refractivity contribution in [3.63, 3.8) is 0 Å². The Morgan fingerprint density at radius 1 is 1.56 bits per heavy atom. The molecule has 0 bridgehead atoms. The number of nitrogens with one attached hydrogen (secondary N) is 2. The number of aromatic nitrogens is 2. The van der Waals surface area contributed by atoms with Crippen molar-refractivity contribution in [1.29, 1.82) is 0 Å². The van der Waals surface area contributed by atoms with E-state index in [1.807, 2.05) is 18.7 Å². The van der Waals surface area contributed by atoms with Gasteiger partial charge in [0.05, 0.1) is 0 Å². The number of thioether (sulfide) groups is 1. The molecular formula is C11H19N3OS. The summed E-state index contributed by atoms with van der Waals surface area (Å²) < 4.78 is 0. The maximum Gasteiger partial charge on any atom is 0.252 e. The number of rotatable bonds is 6. The van der Waals surface area contributed by atoms with Crippen molar-refractivity contribution >= 4 is 17.6 Å². The summed E-state index contributed by atoms with van der Waals surface area (Å²) in [6.45, 7) is 6.20. The molecule has 0 aliphatic carbocycles. The van der Waals surface area contributed by atoms with Crippen molar-refractivity contribution < 1.29 is 0 Å². The van der Waals surface area contributed by atoms with Gasteiger partial charge in [-0.3, -0.25) is 4.79 Å². The zero-order valence-corrected chi connectivity index (χ0v) is 10.9. The van der Waals surface area contributed by atoms with Crippen molar-refractivity contribution in [2.75, 3.05) is 16.8 Å². The summed E-state index contributed by atoms with van der Waals surface area (Å²) in [6.07, 6.45) is 0.739. The molecule has 1 unspecified atom stereocenters. The summed E-state index contributed by atoms with van der Waals surface area (Å²) >= 11 is 1.87. The Bertz CT molecular complexity index is 378. The maximum atomic E-state index is 11.3. The maximum absolute atomic E-state index is 11.3. The minimum Gasteiger partial charge on any atom is -0.367 e. The first-order valence-corrected chi connectivity index (χ1v) is 6.75. The standard InChI is InChI=1S/C11H19N3OS/c1-4-9-13-10(6-11(15)14-9)12-8(3)7-16-5-2/h6,8H,4-5,7H2,1-3H3,(H2,12,13,14,15). The Morgan fingerprint density at radius 3 is 2.94 bits per heavy atom. The third-order valence-electron chi connectivity index (χ3n) is 2.09. The van der Waals surface area contributed by atoms with Crippen LogP contribution >= 0.6 is 11.8 Å². The normalized spacial score (nSPS) is 12.4. The molecule has 5 heteroatoms. The summed E-state index contributed by atoms with van der Waals surface area (Å²) in [5.41, 5.74) is -0.0929. The molecule has 0 saturated heterocycles. The Morgan fingerprint density at radius 2 is 2.31 bits per heavy atom. The summed E-state index contributed by atoms with van der Waals surface area (Å²) in [6, 6.07) is 1.83. The molecule has 1 heterocycles. The van der Waals surface area contributed by atoms with Gasteiger partial charge in [-0.15, -0.1) is 0 Å². The van der Waals surface area contributed by atoms with Gasteiger partial charge in [-0.05, 0) is 12.7 Å². The van der Waals surface area contributed by atoms with Gasteiger partial charge in [-0.1, -0.05) is 13.8 Å². The molecule has 0 fully saturated rings. The predicted molar refractivity (Wildman–Crippen MR) is 70.3 cm³/mol. The highest BCUT2D eigenvalue weighted by Gasteiger charge is 2.04. The summed E-state index contributed by atoms with van der Waals surface area (Å²) in [4.78, 5) is 18.4. The summed E-state index contributed by atoms with van der Waals surface area (Å²) in [7, 11) is 0. The van der Waals surface area contributed by atoms with E-state index in [4.69, 9.17) is 0 Å². The molecule has 0 amide bonds. The summed E-state index contributed by atoms with van der Waals surface area (Å²) in [5, 5.41) is 3.24. The third kappa shape index (κ3) is 4.26. The first-order valence-electron chi connectivity index (χ1n) is 5.60. The van der Waals surface area contributed by atoms with Gasteiger partial charge in [-0.2, -0.15) is 11.8 Å². The first-order chi connectivity index (χ1) is 7.65. The van der Waals surface area contributed by atoms with E-state index in [2.05, 4.69) is 29.1 Å². The van der Waals surface area contributed by atoms with E-state index in [0.717, 1.165) is 23.8 Å². The van der Waals surface area contributed by atoms with E-state index in [9.17, 15) is 4.79 Å². The Kier molecular flexibility index (Phi) is 5.38. The van der Waals surface area contributed by atoms with Crippen LogP contribution in [0.25, 0.3) is 0 Å². The fourth-order valence-electron chi connectivity index (χ4n) is 1.34. The van der Waals surface area contributed by atoms with Crippen LogP contribution in [0.5, 0.6) is 0 Å². The van der Waals surface area contributed by atoms with Gasteiger partial charge < -0.3 is 10.3 Å². The van der Waals surface area contributed by atoms with E-state index >= 15 is 0 Å². The van der Waals surface area contributed by atoms with Crippen molar-refractivity contribution in [2.45, 2.75) is 33.2 Å². The lowest BCUT2D eigenvalue weighted by atomic mass is 10.3. The highest BCUT2D eigenvalue weighted by atomic mass is 32.2. The smallest absolute Gasteiger partial charge is 0.252 e. The van der Waals surface area contributed by atoms with Gasteiger partial charge in [0.15, 0.2) is 0 Å². The lowest BCUT2D eigenvalue weighted by molar-refractivity contribution is 0.869.